The average molecular weight is 477 g/mol. The first-order valence-corrected chi connectivity index (χ1v) is 12.4. The van der Waals surface area contributed by atoms with Gasteiger partial charge in [-0.3, -0.25) is 9.59 Å². The summed E-state index contributed by atoms with van der Waals surface area (Å²) >= 11 is 1.35. The van der Waals surface area contributed by atoms with Gasteiger partial charge in [-0.1, -0.05) is 24.3 Å². The Hall–Kier alpha value is -3.06. The van der Waals surface area contributed by atoms with Gasteiger partial charge >= 0.3 is 0 Å². The summed E-state index contributed by atoms with van der Waals surface area (Å²) in [6.45, 7) is 3.44. The second-order valence-corrected chi connectivity index (χ2v) is 9.89. The summed E-state index contributed by atoms with van der Waals surface area (Å²) in [6, 6.07) is 10.7. The molecule has 2 aliphatic heterocycles. The lowest BCUT2D eigenvalue weighted by Gasteiger charge is -2.36. The van der Waals surface area contributed by atoms with Crippen LogP contribution in [0.25, 0.3) is 0 Å². The molecule has 3 aliphatic rings. The van der Waals surface area contributed by atoms with E-state index in [9.17, 15) is 9.59 Å². The topological polar surface area (TPSA) is 68.2 Å². The third-order valence-corrected chi connectivity index (χ3v) is 8.13. The Labute approximate surface area is 204 Å². The number of aryl methyl sites for hydroxylation is 2. The van der Waals surface area contributed by atoms with Gasteiger partial charge in [0, 0.05) is 5.70 Å². The maximum absolute atomic E-state index is 14.1. The number of aliphatic imine (C=N–C) groups is 1. The molecule has 2 atom stereocenters. The second-order valence-electron chi connectivity index (χ2n) is 8.91. The van der Waals surface area contributed by atoms with Gasteiger partial charge in [-0.2, -0.15) is 0 Å². The number of carbonyl (C=O) groups excluding carboxylic acids is 2. The van der Waals surface area contributed by atoms with Crippen molar-refractivity contribution in [2.45, 2.75) is 51.6 Å². The number of ketones is 2. The number of methoxy groups -OCH3 is 2. The van der Waals surface area contributed by atoms with E-state index in [1.165, 1.54) is 35.7 Å². The Balaban J connectivity index is 1.63. The number of ether oxygens (including phenoxy) is 2. The molecule has 2 unspecified atom stereocenters. The molecule has 1 aliphatic carbocycles. The fourth-order valence-corrected chi connectivity index (χ4v) is 6.21. The zero-order valence-corrected chi connectivity index (χ0v) is 20.7. The van der Waals surface area contributed by atoms with Gasteiger partial charge in [0.05, 0.1) is 19.1 Å². The van der Waals surface area contributed by atoms with Gasteiger partial charge in [0.2, 0.25) is 0 Å². The van der Waals surface area contributed by atoms with Crippen molar-refractivity contribution in [3.05, 3.63) is 69.3 Å². The van der Waals surface area contributed by atoms with Crippen LogP contribution in [0.3, 0.4) is 0 Å². The van der Waals surface area contributed by atoms with Crippen LogP contribution in [0.15, 0.2) is 52.0 Å². The molecule has 176 valence electrons. The van der Waals surface area contributed by atoms with Crippen LogP contribution in [0.1, 0.15) is 61.0 Å². The smallest absolute Gasteiger partial charge is 0.189 e. The highest BCUT2D eigenvalue weighted by molar-refractivity contribution is 8.18. The number of nitrogens with zero attached hydrogens (tertiary/aromatic N) is 2. The van der Waals surface area contributed by atoms with E-state index < -0.39 is 12.1 Å². The number of fused-ring (bicyclic) bond motifs is 2. The van der Waals surface area contributed by atoms with Crippen molar-refractivity contribution in [1.82, 2.24) is 4.90 Å². The zero-order valence-electron chi connectivity index (χ0n) is 19.9. The number of hydrogen-bond donors (Lipinski definition) is 0. The molecule has 0 radical (unpaired) electrons. The van der Waals surface area contributed by atoms with Gasteiger partial charge in [0.15, 0.2) is 28.2 Å². The first-order valence-electron chi connectivity index (χ1n) is 11.6. The quantitative estimate of drug-likeness (QED) is 0.593. The van der Waals surface area contributed by atoms with Gasteiger partial charge in [-0.25, -0.2) is 4.99 Å². The van der Waals surface area contributed by atoms with E-state index in [0.29, 0.717) is 21.6 Å². The summed E-state index contributed by atoms with van der Waals surface area (Å²) in [4.78, 5) is 33.8. The number of carbonyl (C=O) groups is 2. The summed E-state index contributed by atoms with van der Waals surface area (Å²) in [5.74, 6) is 1.12. The number of amidine groups is 1. The molecule has 0 saturated carbocycles. The molecule has 0 fully saturated rings. The Morgan fingerprint density at radius 1 is 1.00 bits per heavy atom. The van der Waals surface area contributed by atoms with Gasteiger partial charge in [-0.05, 0) is 85.7 Å². The predicted molar refractivity (Wildman–Crippen MR) is 133 cm³/mol. The Kier molecular flexibility index (Phi) is 5.98. The standard InChI is InChI=1S/C27H28N2O4S/c1-15-26(16(2)30)34-27-28-23(19-10-9-17-7-5-6-8-18(17)13-19)25(31)24(29(15)27)20-11-12-21(32-3)22(14-20)33-4/h9-14,23-24H,5-8H2,1-4H3. The fourth-order valence-electron chi connectivity index (χ4n) is 5.14. The van der Waals surface area contributed by atoms with Gasteiger partial charge in [0.25, 0.3) is 0 Å². The summed E-state index contributed by atoms with van der Waals surface area (Å²) < 4.78 is 10.9. The van der Waals surface area contributed by atoms with E-state index in [1.54, 1.807) is 21.1 Å². The average Bonchev–Trinajstić information content (AvgIpc) is 3.19. The van der Waals surface area contributed by atoms with Gasteiger partial charge < -0.3 is 14.4 Å². The van der Waals surface area contributed by atoms with Crippen molar-refractivity contribution in [1.29, 1.82) is 0 Å². The van der Waals surface area contributed by atoms with Crippen molar-refractivity contribution in [3.8, 4) is 11.5 Å². The maximum atomic E-state index is 14.1. The molecule has 0 spiro atoms. The first-order chi connectivity index (χ1) is 16.4. The molecule has 7 heteroatoms. The van der Waals surface area contributed by atoms with Crippen LogP contribution < -0.4 is 9.47 Å². The minimum atomic E-state index is -0.622. The lowest BCUT2D eigenvalue weighted by Crippen LogP contribution is -2.40. The number of Topliss-reactive ketones (excluding diaryl/α,β-unsaturated/α-hetero) is 2. The van der Waals surface area contributed by atoms with E-state index >= 15 is 0 Å². The first kappa shape index (κ1) is 22.7. The van der Waals surface area contributed by atoms with E-state index in [1.807, 2.05) is 36.1 Å². The van der Waals surface area contributed by atoms with Crippen molar-refractivity contribution < 1.29 is 19.1 Å². The Bertz CT molecular complexity index is 1250. The second kappa shape index (κ2) is 8.95. The third-order valence-electron chi connectivity index (χ3n) is 6.86. The molecule has 0 N–H and O–H groups in total. The van der Waals surface area contributed by atoms with Crippen LogP contribution in [-0.2, 0) is 22.4 Å². The monoisotopic (exact) mass is 476 g/mol. The lowest BCUT2D eigenvalue weighted by atomic mass is 9.86. The number of hydrogen-bond acceptors (Lipinski definition) is 7. The van der Waals surface area contributed by atoms with Crippen LogP contribution >= 0.6 is 11.8 Å². The molecular weight excluding hydrogens is 448 g/mol. The number of thioether (sulfide) groups is 1. The Morgan fingerprint density at radius 3 is 2.41 bits per heavy atom. The molecule has 0 amide bonds. The van der Waals surface area contributed by atoms with E-state index in [2.05, 4.69) is 12.1 Å². The van der Waals surface area contributed by atoms with Crippen molar-refractivity contribution in [3.63, 3.8) is 0 Å². The molecule has 0 bridgehead atoms. The van der Waals surface area contributed by atoms with E-state index in [-0.39, 0.29) is 11.6 Å². The molecule has 34 heavy (non-hydrogen) atoms. The highest BCUT2D eigenvalue weighted by Gasteiger charge is 2.45. The van der Waals surface area contributed by atoms with Crippen molar-refractivity contribution in [2.75, 3.05) is 14.2 Å². The molecule has 6 nitrogen and oxygen atoms in total. The minimum absolute atomic E-state index is 0.0171. The van der Waals surface area contributed by atoms with Crippen LogP contribution in [0, 0.1) is 0 Å². The normalized spacial score (nSPS) is 21.7. The van der Waals surface area contributed by atoms with E-state index in [0.717, 1.165) is 29.7 Å². The van der Waals surface area contributed by atoms with Gasteiger partial charge in [0.1, 0.15) is 12.1 Å². The molecule has 0 saturated heterocycles. The molecule has 2 aromatic carbocycles. The molecular formula is C27H28N2O4S. The fraction of sp³-hybridized carbons (Fsp3) is 0.370. The largest absolute Gasteiger partial charge is 0.493 e. The van der Waals surface area contributed by atoms with Crippen molar-refractivity contribution >= 4 is 28.5 Å². The molecule has 2 heterocycles. The number of rotatable bonds is 5. The Morgan fingerprint density at radius 2 is 1.71 bits per heavy atom. The van der Waals surface area contributed by atoms with Crippen LogP contribution in [0.5, 0.6) is 11.5 Å². The molecule has 2 aromatic rings. The SMILES string of the molecule is COc1ccc(C2C(=O)C(c3ccc4c(c3)CCCC4)N=C3SC(C(C)=O)=C(C)N32)cc1OC. The van der Waals surface area contributed by atoms with Crippen LogP contribution in [0.2, 0.25) is 0 Å². The number of allylic oxidation sites excluding steroid dienone is 2. The number of benzene rings is 2. The molecule has 0 aromatic heterocycles. The summed E-state index contributed by atoms with van der Waals surface area (Å²) in [7, 11) is 3.17. The van der Waals surface area contributed by atoms with Crippen molar-refractivity contribution in [2.24, 2.45) is 4.99 Å². The summed E-state index contributed by atoms with van der Waals surface area (Å²) in [5, 5.41) is 0.685. The molecule has 5 rings (SSSR count). The van der Waals surface area contributed by atoms with Gasteiger partial charge in [-0.15, -0.1) is 0 Å². The predicted octanol–water partition coefficient (Wildman–Crippen LogP) is 5.17. The lowest BCUT2D eigenvalue weighted by molar-refractivity contribution is -0.124. The maximum Gasteiger partial charge on any atom is 0.189 e. The van der Waals surface area contributed by atoms with Crippen LogP contribution in [-0.4, -0.2) is 35.9 Å². The highest BCUT2D eigenvalue weighted by Crippen LogP contribution is 2.47. The summed E-state index contributed by atoms with van der Waals surface area (Å²) in [6.07, 6.45) is 4.51. The highest BCUT2D eigenvalue weighted by atomic mass is 32.2. The van der Waals surface area contributed by atoms with Crippen LogP contribution in [0.4, 0.5) is 0 Å². The third kappa shape index (κ3) is 3.72. The van der Waals surface area contributed by atoms with E-state index in [4.69, 9.17) is 14.5 Å². The zero-order chi connectivity index (χ0) is 24.0. The minimum Gasteiger partial charge on any atom is -0.493 e. The summed E-state index contributed by atoms with van der Waals surface area (Å²) in [5.41, 5.74) is 5.14.